The Kier molecular flexibility index (Phi) is 7.80. The number of hydrogen-bond donors (Lipinski definition) is 2. The molecule has 160 valence electrons. The standard InChI is InChI=1S/C20H26N8O.HI/c1-3-21-20(28-7-8-29-18(13-28)17-11-25-27(2)12-17)22-10-15-5-4-6-16(9-15)19-23-14-24-26-19;/h4-6,9,11-12,14,18H,3,7-8,10,13H2,1-2H3,(H,21,22)(H,23,24,26);1H. The number of aryl methyl sites for hydroxylation is 1. The van der Waals surface area contributed by atoms with E-state index in [0.29, 0.717) is 13.2 Å². The molecular formula is C20H27IN8O. The molecule has 1 aromatic carbocycles. The molecule has 3 heterocycles. The molecule has 0 radical (unpaired) electrons. The zero-order chi connectivity index (χ0) is 20.1. The Morgan fingerprint density at radius 3 is 3.03 bits per heavy atom. The van der Waals surface area contributed by atoms with Crippen molar-refractivity contribution in [1.82, 2.24) is 35.2 Å². The number of benzene rings is 1. The number of morpholine rings is 1. The predicted octanol–water partition coefficient (Wildman–Crippen LogP) is 2.36. The second kappa shape index (κ2) is 10.5. The molecule has 2 aromatic heterocycles. The van der Waals surface area contributed by atoms with Crippen molar-refractivity contribution in [2.45, 2.75) is 19.6 Å². The Labute approximate surface area is 193 Å². The summed E-state index contributed by atoms with van der Waals surface area (Å²) in [6.07, 6.45) is 5.39. The summed E-state index contributed by atoms with van der Waals surface area (Å²) >= 11 is 0. The number of hydrogen-bond acceptors (Lipinski definition) is 5. The van der Waals surface area contributed by atoms with Gasteiger partial charge in [-0.05, 0) is 18.6 Å². The molecule has 0 bridgehead atoms. The summed E-state index contributed by atoms with van der Waals surface area (Å²) in [6, 6.07) is 8.19. The van der Waals surface area contributed by atoms with E-state index in [0.717, 1.165) is 48.1 Å². The summed E-state index contributed by atoms with van der Waals surface area (Å²) in [5.74, 6) is 1.66. The first-order valence-electron chi connectivity index (χ1n) is 9.81. The lowest BCUT2D eigenvalue weighted by Gasteiger charge is -2.34. The fraction of sp³-hybridized carbons (Fsp3) is 0.400. The molecular weight excluding hydrogens is 495 g/mol. The van der Waals surface area contributed by atoms with E-state index in [2.05, 4.69) is 49.6 Å². The van der Waals surface area contributed by atoms with Crippen molar-refractivity contribution >= 4 is 29.9 Å². The molecule has 1 saturated heterocycles. The molecule has 1 fully saturated rings. The van der Waals surface area contributed by atoms with Crippen molar-refractivity contribution in [3.63, 3.8) is 0 Å². The average Bonchev–Trinajstić information content (AvgIpc) is 3.43. The van der Waals surface area contributed by atoms with E-state index >= 15 is 0 Å². The minimum Gasteiger partial charge on any atom is -0.370 e. The minimum absolute atomic E-state index is 0. The maximum absolute atomic E-state index is 5.96. The van der Waals surface area contributed by atoms with Crippen LogP contribution in [0.1, 0.15) is 24.2 Å². The lowest BCUT2D eigenvalue weighted by Crippen LogP contribution is -2.48. The molecule has 4 rings (SSSR count). The smallest absolute Gasteiger partial charge is 0.194 e. The number of rotatable bonds is 5. The van der Waals surface area contributed by atoms with Crippen molar-refractivity contribution < 1.29 is 4.74 Å². The average molecular weight is 522 g/mol. The third-order valence-electron chi connectivity index (χ3n) is 4.82. The van der Waals surface area contributed by atoms with E-state index in [4.69, 9.17) is 9.73 Å². The number of aliphatic imine (C=N–C) groups is 1. The van der Waals surface area contributed by atoms with Crippen molar-refractivity contribution in [2.75, 3.05) is 26.2 Å². The maximum atomic E-state index is 5.96. The van der Waals surface area contributed by atoms with Crippen LogP contribution in [-0.2, 0) is 18.3 Å². The van der Waals surface area contributed by atoms with Gasteiger partial charge in [-0.15, -0.1) is 24.0 Å². The SMILES string of the molecule is CCNC(=NCc1cccc(-c2ncn[nH]2)c1)N1CCOC(c2cnn(C)c2)C1.I. The molecule has 3 aromatic rings. The third kappa shape index (κ3) is 5.36. The lowest BCUT2D eigenvalue weighted by atomic mass is 10.1. The molecule has 2 N–H and O–H groups in total. The van der Waals surface area contributed by atoms with Crippen LogP contribution >= 0.6 is 24.0 Å². The normalized spacial score (nSPS) is 16.9. The van der Waals surface area contributed by atoms with Gasteiger partial charge in [0.25, 0.3) is 0 Å². The Bertz CT molecular complexity index is 955. The first kappa shape index (κ1) is 22.2. The highest BCUT2D eigenvalue weighted by Crippen LogP contribution is 2.22. The molecule has 9 nitrogen and oxygen atoms in total. The first-order valence-corrected chi connectivity index (χ1v) is 9.81. The van der Waals surface area contributed by atoms with Gasteiger partial charge in [-0.1, -0.05) is 18.2 Å². The fourth-order valence-electron chi connectivity index (χ4n) is 3.40. The predicted molar refractivity (Wildman–Crippen MR) is 126 cm³/mol. The summed E-state index contributed by atoms with van der Waals surface area (Å²) in [4.78, 5) is 11.3. The fourth-order valence-corrected chi connectivity index (χ4v) is 3.40. The number of nitrogens with zero attached hydrogens (tertiary/aromatic N) is 6. The molecule has 0 spiro atoms. The van der Waals surface area contributed by atoms with E-state index in [1.54, 1.807) is 4.68 Å². The molecule has 10 heteroatoms. The summed E-state index contributed by atoms with van der Waals surface area (Å²) in [6.45, 7) is 5.69. The lowest BCUT2D eigenvalue weighted by molar-refractivity contribution is -0.00805. The Hall–Kier alpha value is -2.47. The number of aromatic nitrogens is 5. The highest BCUT2D eigenvalue weighted by Gasteiger charge is 2.25. The van der Waals surface area contributed by atoms with Crippen LogP contribution in [0.5, 0.6) is 0 Å². The van der Waals surface area contributed by atoms with E-state index in [9.17, 15) is 0 Å². The number of nitrogens with one attached hydrogen (secondary N) is 2. The Balaban J connectivity index is 0.00000256. The molecule has 1 aliphatic rings. The van der Waals surface area contributed by atoms with Gasteiger partial charge in [-0.25, -0.2) is 9.98 Å². The van der Waals surface area contributed by atoms with E-state index in [1.165, 1.54) is 6.33 Å². The summed E-state index contributed by atoms with van der Waals surface area (Å²) < 4.78 is 7.77. The van der Waals surface area contributed by atoms with E-state index in [-0.39, 0.29) is 30.1 Å². The molecule has 0 saturated carbocycles. The minimum atomic E-state index is -0.00362. The van der Waals surface area contributed by atoms with Crippen LogP contribution in [-0.4, -0.2) is 62.1 Å². The molecule has 30 heavy (non-hydrogen) atoms. The van der Waals surface area contributed by atoms with E-state index in [1.807, 2.05) is 31.6 Å². The number of guanidine groups is 1. The monoisotopic (exact) mass is 522 g/mol. The van der Waals surface area contributed by atoms with Crippen LogP contribution in [0.25, 0.3) is 11.4 Å². The van der Waals surface area contributed by atoms with Crippen LogP contribution in [0, 0.1) is 0 Å². The van der Waals surface area contributed by atoms with Crippen molar-refractivity contribution in [1.29, 1.82) is 0 Å². The van der Waals surface area contributed by atoms with Crippen LogP contribution in [0.2, 0.25) is 0 Å². The van der Waals surface area contributed by atoms with Gasteiger partial charge in [0.05, 0.1) is 25.9 Å². The topological polar surface area (TPSA) is 96.2 Å². The quantitative estimate of drug-likeness (QED) is 0.304. The largest absolute Gasteiger partial charge is 0.370 e. The number of ether oxygens (including phenoxy) is 1. The molecule has 1 atom stereocenters. The Morgan fingerprint density at radius 1 is 1.40 bits per heavy atom. The van der Waals surface area contributed by atoms with Gasteiger partial charge in [-0.3, -0.25) is 9.78 Å². The summed E-state index contributed by atoms with van der Waals surface area (Å²) in [7, 11) is 1.92. The van der Waals surface area contributed by atoms with Gasteiger partial charge in [0, 0.05) is 37.5 Å². The van der Waals surface area contributed by atoms with Gasteiger partial charge in [-0.2, -0.15) is 10.2 Å². The van der Waals surface area contributed by atoms with Crippen LogP contribution in [0.4, 0.5) is 0 Å². The molecule has 1 aliphatic heterocycles. The summed E-state index contributed by atoms with van der Waals surface area (Å²) in [5.41, 5.74) is 3.21. The second-order valence-corrected chi connectivity index (χ2v) is 6.96. The van der Waals surface area contributed by atoms with Gasteiger partial charge >= 0.3 is 0 Å². The van der Waals surface area contributed by atoms with Gasteiger partial charge in [0.2, 0.25) is 0 Å². The highest BCUT2D eigenvalue weighted by molar-refractivity contribution is 14.0. The molecule has 0 amide bonds. The maximum Gasteiger partial charge on any atom is 0.194 e. The molecule has 0 aliphatic carbocycles. The number of halogens is 1. The van der Waals surface area contributed by atoms with Crippen LogP contribution < -0.4 is 5.32 Å². The van der Waals surface area contributed by atoms with E-state index < -0.39 is 0 Å². The zero-order valence-corrected chi connectivity index (χ0v) is 19.5. The molecule has 1 unspecified atom stereocenters. The van der Waals surface area contributed by atoms with Crippen molar-refractivity contribution in [3.05, 3.63) is 54.1 Å². The number of H-pyrrole nitrogens is 1. The first-order chi connectivity index (χ1) is 14.2. The van der Waals surface area contributed by atoms with Gasteiger partial charge < -0.3 is 15.0 Å². The number of aromatic amines is 1. The van der Waals surface area contributed by atoms with Crippen LogP contribution in [0.15, 0.2) is 48.0 Å². The van der Waals surface area contributed by atoms with Crippen LogP contribution in [0.3, 0.4) is 0 Å². The van der Waals surface area contributed by atoms with Crippen molar-refractivity contribution in [3.8, 4) is 11.4 Å². The van der Waals surface area contributed by atoms with Gasteiger partial charge in [0.15, 0.2) is 11.8 Å². The zero-order valence-electron chi connectivity index (χ0n) is 17.2. The Morgan fingerprint density at radius 2 is 2.30 bits per heavy atom. The summed E-state index contributed by atoms with van der Waals surface area (Å²) in [5, 5.41) is 14.5. The second-order valence-electron chi connectivity index (χ2n) is 6.96. The van der Waals surface area contributed by atoms with Gasteiger partial charge in [0.1, 0.15) is 12.4 Å². The highest BCUT2D eigenvalue weighted by atomic mass is 127. The van der Waals surface area contributed by atoms with Crippen molar-refractivity contribution in [2.24, 2.45) is 12.0 Å². The third-order valence-corrected chi connectivity index (χ3v) is 4.82.